The highest BCUT2D eigenvalue weighted by molar-refractivity contribution is 9.10. The summed E-state index contributed by atoms with van der Waals surface area (Å²) >= 11 is 3.38. The van der Waals surface area contributed by atoms with Crippen LogP contribution >= 0.6 is 15.9 Å². The molecule has 3 nitrogen and oxygen atoms in total. The van der Waals surface area contributed by atoms with Crippen LogP contribution < -0.4 is 5.32 Å². The molecule has 2 saturated carbocycles. The van der Waals surface area contributed by atoms with Crippen LogP contribution in [0.4, 0.5) is 5.69 Å². The third-order valence-corrected chi connectivity index (χ3v) is 6.77. The number of ketones is 1. The van der Waals surface area contributed by atoms with Crippen molar-refractivity contribution in [1.29, 1.82) is 0 Å². The molecule has 0 unspecified atom stereocenters. The summed E-state index contributed by atoms with van der Waals surface area (Å²) in [4.78, 5) is 25.3. The molecule has 0 heterocycles. The van der Waals surface area contributed by atoms with E-state index < -0.39 is 5.41 Å². The molecular formula is C17H20BrNO2. The van der Waals surface area contributed by atoms with Gasteiger partial charge in [0, 0.05) is 22.0 Å². The van der Waals surface area contributed by atoms with Gasteiger partial charge in [0.1, 0.15) is 5.78 Å². The van der Waals surface area contributed by atoms with Crippen molar-refractivity contribution in [3.05, 3.63) is 28.7 Å². The van der Waals surface area contributed by atoms with Crippen molar-refractivity contribution in [2.24, 2.45) is 16.2 Å². The van der Waals surface area contributed by atoms with Gasteiger partial charge in [0.15, 0.2) is 0 Å². The van der Waals surface area contributed by atoms with E-state index in [2.05, 4.69) is 35.1 Å². The first-order valence-electron chi connectivity index (χ1n) is 7.33. The standard InChI is InChI=1S/C17H20BrNO2/c1-15(2)16(3)8-9-17(15,10-13(16)20)14(21)19-12-6-4-11(18)5-7-12/h4-7H,8-10H2,1-3H3,(H,19,21)/t16-,17+/m0/s1. The molecular weight excluding hydrogens is 330 g/mol. The third kappa shape index (κ3) is 1.78. The number of halogens is 1. The van der Waals surface area contributed by atoms with Crippen molar-refractivity contribution >= 4 is 33.3 Å². The van der Waals surface area contributed by atoms with E-state index >= 15 is 0 Å². The second-order valence-corrected chi connectivity index (χ2v) is 8.02. The van der Waals surface area contributed by atoms with Gasteiger partial charge in [-0.1, -0.05) is 36.7 Å². The van der Waals surface area contributed by atoms with E-state index in [1.807, 2.05) is 31.2 Å². The van der Waals surface area contributed by atoms with Crippen LogP contribution in [0.15, 0.2) is 28.7 Å². The predicted molar refractivity (Wildman–Crippen MR) is 86.0 cm³/mol. The monoisotopic (exact) mass is 349 g/mol. The number of Topliss-reactive ketones (excluding diaryl/α,β-unsaturated/α-hetero) is 1. The molecule has 1 N–H and O–H groups in total. The second kappa shape index (κ2) is 4.42. The van der Waals surface area contributed by atoms with E-state index in [1.54, 1.807) is 0 Å². The third-order valence-electron chi connectivity index (χ3n) is 6.24. The van der Waals surface area contributed by atoms with Crippen molar-refractivity contribution in [3.63, 3.8) is 0 Å². The number of anilines is 1. The first kappa shape index (κ1) is 14.8. The van der Waals surface area contributed by atoms with Crippen molar-refractivity contribution in [1.82, 2.24) is 0 Å². The summed E-state index contributed by atoms with van der Waals surface area (Å²) < 4.78 is 0.975. The Balaban J connectivity index is 1.91. The van der Waals surface area contributed by atoms with Gasteiger partial charge in [-0.2, -0.15) is 0 Å². The molecule has 0 radical (unpaired) electrons. The van der Waals surface area contributed by atoms with Crippen LogP contribution in [-0.4, -0.2) is 11.7 Å². The number of fused-ring (bicyclic) bond motifs is 2. The Morgan fingerprint density at radius 2 is 1.76 bits per heavy atom. The smallest absolute Gasteiger partial charge is 0.231 e. The lowest BCUT2D eigenvalue weighted by atomic mass is 9.64. The highest BCUT2D eigenvalue weighted by Crippen LogP contribution is 2.70. The molecule has 4 heteroatoms. The average molecular weight is 350 g/mol. The van der Waals surface area contributed by atoms with Crippen molar-refractivity contribution in [2.45, 2.75) is 40.0 Å². The van der Waals surface area contributed by atoms with Crippen LogP contribution in [0.3, 0.4) is 0 Å². The number of carbonyl (C=O) groups excluding carboxylic acids is 2. The first-order valence-corrected chi connectivity index (χ1v) is 8.13. The van der Waals surface area contributed by atoms with Crippen LogP contribution in [0.2, 0.25) is 0 Å². The number of carbonyl (C=O) groups is 2. The molecule has 0 spiro atoms. The van der Waals surface area contributed by atoms with Crippen LogP contribution in [0.25, 0.3) is 0 Å². The van der Waals surface area contributed by atoms with Gasteiger partial charge in [-0.15, -0.1) is 0 Å². The normalized spacial score (nSPS) is 33.2. The quantitative estimate of drug-likeness (QED) is 0.870. The summed E-state index contributed by atoms with van der Waals surface area (Å²) in [7, 11) is 0. The summed E-state index contributed by atoms with van der Waals surface area (Å²) in [6.45, 7) is 6.18. The molecule has 0 aromatic heterocycles. The SMILES string of the molecule is CC1(C)[C@]2(C(=O)Nc3ccc(Br)cc3)CC[C@@]1(C)C(=O)C2. The minimum atomic E-state index is -0.564. The van der Waals surface area contributed by atoms with Crippen LogP contribution in [0, 0.1) is 16.2 Å². The van der Waals surface area contributed by atoms with Crippen molar-refractivity contribution in [2.75, 3.05) is 5.32 Å². The predicted octanol–water partition coefficient (Wildman–Crippen LogP) is 4.17. The van der Waals surface area contributed by atoms with Crippen LogP contribution in [-0.2, 0) is 9.59 Å². The lowest BCUT2D eigenvalue weighted by Crippen LogP contribution is -2.43. The highest BCUT2D eigenvalue weighted by atomic mass is 79.9. The molecule has 2 bridgehead atoms. The summed E-state index contributed by atoms with van der Waals surface area (Å²) in [5, 5.41) is 3.01. The van der Waals surface area contributed by atoms with Gasteiger partial charge in [0.05, 0.1) is 5.41 Å². The van der Waals surface area contributed by atoms with Gasteiger partial charge < -0.3 is 5.32 Å². The number of hydrogen-bond donors (Lipinski definition) is 1. The minimum absolute atomic E-state index is 0.00982. The number of amides is 1. The molecule has 112 valence electrons. The Morgan fingerprint density at radius 1 is 1.14 bits per heavy atom. The van der Waals surface area contributed by atoms with Gasteiger partial charge in [-0.25, -0.2) is 0 Å². The highest BCUT2D eigenvalue weighted by Gasteiger charge is 2.72. The van der Waals surface area contributed by atoms with Crippen molar-refractivity contribution < 1.29 is 9.59 Å². The fraction of sp³-hybridized carbons (Fsp3) is 0.529. The summed E-state index contributed by atoms with van der Waals surface area (Å²) in [6, 6.07) is 7.54. The molecule has 2 fully saturated rings. The van der Waals surface area contributed by atoms with E-state index in [4.69, 9.17) is 0 Å². The Hall–Kier alpha value is -1.16. The maximum absolute atomic E-state index is 12.9. The number of benzene rings is 1. The van der Waals surface area contributed by atoms with Gasteiger partial charge in [0.25, 0.3) is 0 Å². The van der Waals surface area contributed by atoms with Crippen LogP contribution in [0.5, 0.6) is 0 Å². The molecule has 2 aliphatic rings. The van der Waals surface area contributed by atoms with Gasteiger partial charge >= 0.3 is 0 Å². The fourth-order valence-electron chi connectivity index (χ4n) is 4.14. The molecule has 0 aliphatic heterocycles. The Labute approximate surface area is 133 Å². The Morgan fingerprint density at radius 3 is 2.24 bits per heavy atom. The molecule has 3 rings (SSSR count). The Bertz CT molecular complexity index is 622. The van der Waals surface area contributed by atoms with E-state index in [0.29, 0.717) is 6.42 Å². The number of hydrogen-bond acceptors (Lipinski definition) is 2. The second-order valence-electron chi connectivity index (χ2n) is 7.10. The largest absolute Gasteiger partial charge is 0.326 e. The first-order chi connectivity index (χ1) is 9.73. The molecule has 0 saturated heterocycles. The molecule has 21 heavy (non-hydrogen) atoms. The zero-order valence-corrected chi connectivity index (χ0v) is 14.2. The zero-order valence-electron chi connectivity index (χ0n) is 12.6. The van der Waals surface area contributed by atoms with Gasteiger partial charge in [-0.3, -0.25) is 9.59 Å². The lowest BCUT2D eigenvalue weighted by Gasteiger charge is -2.38. The van der Waals surface area contributed by atoms with Gasteiger partial charge in [0.2, 0.25) is 5.91 Å². The van der Waals surface area contributed by atoms with E-state index in [1.165, 1.54) is 0 Å². The van der Waals surface area contributed by atoms with E-state index in [9.17, 15) is 9.59 Å². The minimum Gasteiger partial charge on any atom is -0.326 e. The van der Waals surface area contributed by atoms with E-state index in [-0.39, 0.29) is 22.5 Å². The topological polar surface area (TPSA) is 46.2 Å². The fourth-order valence-corrected chi connectivity index (χ4v) is 4.41. The Kier molecular flexibility index (Phi) is 3.11. The van der Waals surface area contributed by atoms with Crippen LogP contribution in [0.1, 0.15) is 40.0 Å². The molecule has 2 atom stereocenters. The number of nitrogens with one attached hydrogen (secondary N) is 1. The summed E-state index contributed by atoms with van der Waals surface area (Å²) in [5.74, 6) is 0.231. The zero-order chi connectivity index (χ0) is 15.5. The van der Waals surface area contributed by atoms with Crippen molar-refractivity contribution in [3.8, 4) is 0 Å². The average Bonchev–Trinajstić information content (AvgIpc) is 2.72. The van der Waals surface area contributed by atoms with Gasteiger partial charge in [-0.05, 0) is 42.5 Å². The summed E-state index contributed by atoms with van der Waals surface area (Å²) in [6.07, 6.45) is 1.98. The molecule has 2 aliphatic carbocycles. The molecule has 1 aromatic rings. The summed E-state index contributed by atoms with van der Waals surface area (Å²) in [5.41, 5.74) is -0.437. The molecule has 1 aromatic carbocycles. The number of rotatable bonds is 2. The maximum Gasteiger partial charge on any atom is 0.231 e. The molecule has 1 amide bonds. The maximum atomic E-state index is 12.9. The lowest BCUT2D eigenvalue weighted by molar-refractivity contribution is -0.131. The van der Waals surface area contributed by atoms with E-state index in [0.717, 1.165) is 23.0 Å².